The molecule has 0 radical (unpaired) electrons. The Labute approximate surface area is 171 Å². The van der Waals surface area contributed by atoms with Gasteiger partial charge < -0.3 is 20.7 Å². The molecular formula is C18H19N9O3. The standard InChI is InChI=1S/C18H19N9O3/c19-18(29)30-16-5-4-15(23-24-16)26-8-6-13(10-26)27-11-14(22-25-27)17(28)21-9-12-3-1-2-7-20-12/h1-5,7,11,13H,6,8-10H2,(H2,19,29)(H,21,28). The Morgan fingerprint density at radius 3 is 2.83 bits per heavy atom. The van der Waals surface area contributed by atoms with Crippen molar-refractivity contribution in [1.29, 1.82) is 0 Å². The number of carbonyl (C=O) groups excluding carboxylic acids is 2. The van der Waals surface area contributed by atoms with Crippen LogP contribution in [0.4, 0.5) is 10.6 Å². The summed E-state index contributed by atoms with van der Waals surface area (Å²) in [6, 6.07) is 8.78. The third-order valence-corrected chi connectivity index (χ3v) is 4.59. The van der Waals surface area contributed by atoms with Crippen LogP contribution in [0, 0.1) is 0 Å². The second-order valence-electron chi connectivity index (χ2n) is 6.63. The number of carbonyl (C=O) groups is 2. The Bertz CT molecular complexity index is 1020. The summed E-state index contributed by atoms with van der Waals surface area (Å²) in [5, 5.41) is 18.8. The van der Waals surface area contributed by atoms with Crippen LogP contribution in [-0.2, 0) is 6.54 Å². The zero-order chi connectivity index (χ0) is 20.9. The first kappa shape index (κ1) is 19.2. The van der Waals surface area contributed by atoms with E-state index in [2.05, 4.69) is 35.5 Å². The molecule has 30 heavy (non-hydrogen) atoms. The van der Waals surface area contributed by atoms with E-state index in [0.29, 0.717) is 18.9 Å². The molecule has 0 spiro atoms. The van der Waals surface area contributed by atoms with Crippen molar-refractivity contribution in [3.63, 3.8) is 0 Å². The highest BCUT2D eigenvalue weighted by Crippen LogP contribution is 2.25. The van der Waals surface area contributed by atoms with Crippen molar-refractivity contribution >= 4 is 17.8 Å². The number of hydrogen-bond acceptors (Lipinski definition) is 9. The molecule has 1 atom stereocenters. The van der Waals surface area contributed by atoms with Crippen LogP contribution in [0.15, 0.2) is 42.7 Å². The van der Waals surface area contributed by atoms with Crippen molar-refractivity contribution in [1.82, 2.24) is 35.5 Å². The van der Waals surface area contributed by atoms with E-state index >= 15 is 0 Å². The van der Waals surface area contributed by atoms with Crippen LogP contribution in [0.3, 0.4) is 0 Å². The van der Waals surface area contributed by atoms with Crippen molar-refractivity contribution < 1.29 is 14.3 Å². The number of pyridine rings is 1. The summed E-state index contributed by atoms with van der Waals surface area (Å²) < 4.78 is 6.37. The molecule has 1 fully saturated rings. The zero-order valence-electron chi connectivity index (χ0n) is 15.9. The lowest BCUT2D eigenvalue weighted by Crippen LogP contribution is -2.24. The normalized spacial score (nSPS) is 15.7. The highest BCUT2D eigenvalue weighted by atomic mass is 16.6. The molecule has 0 bridgehead atoms. The second-order valence-corrected chi connectivity index (χ2v) is 6.63. The van der Waals surface area contributed by atoms with Crippen LogP contribution in [0.2, 0.25) is 0 Å². The molecule has 2 amide bonds. The number of aromatic nitrogens is 6. The van der Waals surface area contributed by atoms with E-state index < -0.39 is 6.09 Å². The van der Waals surface area contributed by atoms with E-state index in [4.69, 9.17) is 5.73 Å². The first-order valence-electron chi connectivity index (χ1n) is 9.24. The van der Waals surface area contributed by atoms with Crippen LogP contribution >= 0.6 is 0 Å². The van der Waals surface area contributed by atoms with Gasteiger partial charge in [-0.3, -0.25) is 9.78 Å². The minimum absolute atomic E-state index is 0.0400. The number of hydrogen-bond donors (Lipinski definition) is 2. The van der Waals surface area contributed by atoms with Gasteiger partial charge in [0.15, 0.2) is 11.5 Å². The molecule has 1 aliphatic heterocycles. The molecule has 4 rings (SSSR count). The number of ether oxygens (including phenoxy) is 1. The van der Waals surface area contributed by atoms with Crippen LogP contribution in [0.5, 0.6) is 5.88 Å². The van der Waals surface area contributed by atoms with Crippen molar-refractivity contribution in [2.24, 2.45) is 5.73 Å². The molecule has 4 heterocycles. The fraction of sp³-hybridized carbons (Fsp3) is 0.278. The molecule has 0 aliphatic carbocycles. The number of nitrogens with one attached hydrogen (secondary N) is 1. The predicted molar refractivity (Wildman–Crippen MR) is 104 cm³/mol. The fourth-order valence-corrected chi connectivity index (χ4v) is 3.13. The molecule has 1 aliphatic rings. The largest absolute Gasteiger partial charge is 0.411 e. The van der Waals surface area contributed by atoms with Crippen molar-refractivity contribution in [3.8, 4) is 5.88 Å². The Morgan fingerprint density at radius 2 is 2.10 bits per heavy atom. The Hall–Kier alpha value is -4.09. The van der Waals surface area contributed by atoms with E-state index in [1.54, 1.807) is 23.1 Å². The lowest BCUT2D eigenvalue weighted by atomic mass is 10.3. The van der Waals surface area contributed by atoms with Gasteiger partial charge in [-0.25, -0.2) is 9.48 Å². The van der Waals surface area contributed by atoms with Crippen molar-refractivity contribution in [2.45, 2.75) is 19.0 Å². The Kier molecular flexibility index (Phi) is 5.46. The molecule has 3 aromatic heterocycles. The number of primary amides is 1. The van der Waals surface area contributed by atoms with Gasteiger partial charge in [-0.2, -0.15) is 0 Å². The lowest BCUT2D eigenvalue weighted by molar-refractivity contribution is 0.0945. The van der Waals surface area contributed by atoms with Crippen LogP contribution in [0.25, 0.3) is 0 Å². The maximum atomic E-state index is 12.3. The maximum absolute atomic E-state index is 12.3. The maximum Gasteiger partial charge on any atom is 0.411 e. The monoisotopic (exact) mass is 409 g/mol. The summed E-state index contributed by atoms with van der Waals surface area (Å²) in [5.74, 6) is 0.375. The van der Waals surface area contributed by atoms with Gasteiger partial charge in [0.1, 0.15) is 0 Å². The highest BCUT2D eigenvalue weighted by Gasteiger charge is 2.27. The third-order valence-electron chi connectivity index (χ3n) is 4.59. The molecule has 0 saturated carbocycles. The van der Waals surface area contributed by atoms with Crippen LogP contribution in [0.1, 0.15) is 28.6 Å². The number of rotatable bonds is 6. The van der Waals surface area contributed by atoms with E-state index in [0.717, 1.165) is 18.7 Å². The zero-order valence-corrected chi connectivity index (χ0v) is 15.9. The van der Waals surface area contributed by atoms with Gasteiger partial charge in [-0.15, -0.1) is 15.3 Å². The smallest absolute Gasteiger partial charge is 0.390 e. The number of nitrogens with two attached hydrogens (primary N) is 1. The highest BCUT2D eigenvalue weighted by molar-refractivity contribution is 5.91. The predicted octanol–water partition coefficient (Wildman–Crippen LogP) is 0.302. The van der Waals surface area contributed by atoms with Gasteiger partial charge in [0.05, 0.1) is 24.5 Å². The number of amides is 2. The summed E-state index contributed by atoms with van der Waals surface area (Å²) >= 11 is 0. The summed E-state index contributed by atoms with van der Waals surface area (Å²) in [4.78, 5) is 29.2. The van der Waals surface area contributed by atoms with E-state index in [1.807, 2.05) is 23.1 Å². The average molecular weight is 409 g/mol. The van der Waals surface area contributed by atoms with Gasteiger partial charge in [0, 0.05) is 25.4 Å². The van der Waals surface area contributed by atoms with Gasteiger partial charge in [-0.1, -0.05) is 11.3 Å². The second kappa shape index (κ2) is 8.51. The molecule has 12 nitrogen and oxygen atoms in total. The average Bonchev–Trinajstić information content (AvgIpc) is 3.43. The fourth-order valence-electron chi connectivity index (χ4n) is 3.13. The Balaban J connectivity index is 1.34. The van der Waals surface area contributed by atoms with Crippen molar-refractivity contribution in [2.75, 3.05) is 18.0 Å². The van der Waals surface area contributed by atoms with E-state index in [9.17, 15) is 9.59 Å². The van der Waals surface area contributed by atoms with E-state index in [1.165, 1.54) is 6.07 Å². The molecule has 1 saturated heterocycles. The molecule has 1 unspecified atom stereocenters. The molecule has 3 N–H and O–H groups in total. The third kappa shape index (κ3) is 4.48. The molecular weight excluding hydrogens is 390 g/mol. The van der Waals surface area contributed by atoms with Gasteiger partial charge >= 0.3 is 6.09 Å². The van der Waals surface area contributed by atoms with Gasteiger partial charge in [-0.05, 0) is 24.6 Å². The summed E-state index contributed by atoms with van der Waals surface area (Å²) in [6.07, 6.45) is 3.17. The molecule has 0 aromatic carbocycles. The van der Waals surface area contributed by atoms with Crippen LogP contribution in [-0.4, -0.2) is 55.3 Å². The quantitative estimate of drug-likeness (QED) is 0.585. The summed E-state index contributed by atoms with van der Waals surface area (Å²) in [5.41, 5.74) is 5.96. The van der Waals surface area contributed by atoms with Gasteiger partial charge in [0.25, 0.3) is 5.91 Å². The summed E-state index contributed by atoms with van der Waals surface area (Å²) in [6.45, 7) is 1.68. The lowest BCUT2D eigenvalue weighted by Gasteiger charge is -2.16. The minimum Gasteiger partial charge on any atom is -0.390 e. The summed E-state index contributed by atoms with van der Waals surface area (Å²) in [7, 11) is 0. The topological polar surface area (TPSA) is 154 Å². The first-order valence-corrected chi connectivity index (χ1v) is 9.24. The van der Waals surface area contributed by atoms with Crippen molar-refractivity contribution in [3.05, 3.63) is 54.1 Å². The van der Waals surface area contributed by atoms with Gasteiger partial charge in [0.2, 0.25) is 5.88 Å². The first-order chi connectivity index (χ1) is 14.6. The van der Waals surface area contributed by atoms with Crippen LogP contribution < -0.4 is 20.7 Å². The molecule has 3 aromatic rings. The number of anilines is 1. The SMILES string of the molecule is NC(=O)Oc1ccc(N2CCC(n3cc(C(=O)NCc4ccccn4)nn3)C2)nn1. The minimum atomic E-state index is -0.940. The number of nitrogens with zero attached hydrogens (tertiary/aromatic N) is 7. The molecule has 12 heteroatoms. The molecule has 154 valence electrons. The Morgan fingerprint density at radius 1 is 1.20 bits per heavy atom. The van der Waals surface area contributed by atoms with E-state index in [-0.39, 0.29) is 23.5 Å².